The van der Waals surface area contributed by atoms with Crippen molar-refractivity contribution in [3.8, 4) is 22.6 Å². The molecule has 0 radical (unpaired) electrons. The molecule has 0 atom stereocenters. The van der Waals surface area contributed by atoms with Gasteiger partial charge in [-0.25, -0.2) is 4.79 Å². The average molecular weight is 396 g/mol. The predicted molar refractivity (Wildman–Crippen MR) is 112 cm³/mol. The monoisotopic (exact) mass is 396 g/mol. The minimum atomic E-state index is -1.02. The number of hydrogen-bond acceptors (Lipinski definition) is 4. The molecule has 30 heavy (non-hydrogen) atoms. The lowest BCUT2D eigenvalue weighted by Crippen LogP contribution is -2.21. The minimum absolute atomic E-state index is 0.158. The lowest BCUT2D eigenvalue weighted by Gasteiger charge is -2.16. The van der Waals surface area contributed by atoms with Crippen molar-refractivity contribution < 1.29 is 23.9 Å². The van der Waals surface area contributed by atoms with Gasteiger partial charge in [-0.2, -0.15) is 0 Å². The van der Waals surface area contributed by atoms with Gasteiger partial charge in [-0.15, -0.1) is 0 Å². The molecule has 4 aromatic rings. The molecule has 0 fully saturated rings. The van der Waals surface area contributed by atoms with Crippen LogP contribution in [-0.2, 0) is 0 Å². The smallest absolute Gasteiger partial charge is 0.335 e. The summed E-state index contributed by atoms with van der Waals surface area (Å²) in [5.41, 5.74) is 3.64. The molecule has 0 aliphatic heterocycles. The molecule has 1 aromatic heterocycles. The van der Waals surface area contributed by atoms with E-state index in [4.69, 9.17) is 9.52 Å². The van der Waals surface area contributed by atoms with Crippen LogP contribution in [-0.4, -0.2) is 22.6 Å². The second-order valence-electron chi connectivity index (χ2n) is 7.46. The Bertz CT molecular complexity index is 1400. The molecule has 0 saturated heterocycles. The van der Waals surface area contributed by atoms with Crippen molar-refractivity contribution in [2.45, 2.75) is 13.8 Å². The molecule has 1 N–H and O–H groups in total. The van der Waals surface area contributed by atoms with Crippen LogP contribution in [0.25, 0.3) is 33.4 Å². The molecule has 1 heterocycles. The summed E-state index contributed by atoms with van der Waals surface area (Å²) in [4.78, 5) is 37.2. The van der Waals surface area contributed by atoms with Crippen molar-refractivity contribution in [2.75, 3.05) is 0 Å². The standard InChI is InChI=1S/C25H16O5/c1-12-4-3-5-17-16(12)10-11-18-20(17)22(27)21(26)19-13(2)23(30-24(18)19)14-6-8-15(9-7-14)25(28)29/h3-11H,1-2H3,(H,28,29). The van der Waals surface area contributed by atoms with Crippen LogP contribution >= 0.6 is 0 Å². The SMILES string of the molecule is Cc1c(-c2ccc(C(=O)O)cc2)oc2c1C(=O)C(=O)c1c-2ccc2c(C)cccc12. The Morgan fingerprint density at radius 3 is 2.20 bits per heavy atom. The Balaban J connectivity index is 1.77. The Morgan fingerprint density at radius 1 is 0.800 bits per heavy atom. The molecule has 0 amide bonds. The summed E-state index contributed by atoms with van der Waals surface area (Å²) in [5, 5.41) is 10.8. The highest BCUT2D eigenvalue weighted by Crippen LogP contribution is 2.44. The van der Waals surface area contributed by atoms with Crippen molar-refractivity contribution in [3.05, 3.63) is 82.4 Å². The highest BCUT2D eigenvalue weighted by atomic mass is 16.4. The number of aryl methyl sites for hydroxylation is 1. The van der Waals surface area contributed by atoms with Gasteiger partial charge in [-0.3, -0.25) is 9.59 Å². The zero-order valence-corrected chi connectivity index (χ0v) is 16.3. The van der Waals surface area contributed by atoms with Crippen molar-refractivity contribution in [3.63, 3.8) is 0 Å². The Labute approximate surface area is 171 Å². The third kappa shape index (κ3) is 2.38. The maximum Gasteiger partial charge on any atom is 0.335 e. The van der Waals surface area contributed by atoms with Crippen molar-refractivity contribution >= 4 is 28.3 Å². The second kappa shape index (κ2) is 6.26. The molecule has 3 aromatic carbocycles. The van der Waals surface area contributed by atoms with E-state index >= 15 is 0 Å². The fourth-order valence-corrected chi connectivity index (χ4v) is 4.19. The number of carboxylic acids is 1. The maximum absolute atomic E-state index is 13.1. The number of aromatic carboxylic acids is 1. The Kier molecular flexibility index (Phi) is 3.77. The second-order valence-corrected chi connectivity index (χ2v) is 7.46. The number of furan rings is 1. The van der Waals surface area contributed by atoms with Crippen molar-refractivity contribution in [1.82, 2.24) is 0 Å². The molecule has 0 bridgehead atoms. The summed E-state index contributed by atoms with van der Waals surface area (Å²) in [5.74, 6) is -1.30. The maximum atomic E-state index is 13.1. The van der Waals surface area contributed by atoms with Crippen LogP contribution < -0.4 is 0 Å². The van der Waals surface area contributed by atoms with Gasteiger partial charge in [0.1, 0.15) is 11.5 Å². The van der Waals surface area contributed by atoms with Crippen LogP contribution in [0.2, 0.25) is 0 Å². The summed E-state index contributed by atoms with van der Waals surface area (Å²) in [6, 6.07) is 15.7. The van der Waals surface area contributed by atoms with Crippen LogP contribution in [0.4, 0.5) is 0 Å². The molecule has 5 rings (SSSR count). The first-order chi connectivity index (χ1) is 14.4. The third-order valence-electron chi connectivity index (χ3n) is 5.73. The van der Waals surface area contributed by atoms with Crippen molar-refractivity contribution in [2.24, 2.45) is 0 Å². The number of Topliss-reactive ketones (excluding diaryl/α,β-unsaturated/α-hetero) is 2. The fourth-order valence-electron chi connectivity index (χ4n) is 4.19. The van der Waals surface area contributed by atoms with Gasteiger partial charge in [0.05, 0.1) is 11.1 Å². The van der Waals surface area contributed by atoms with Gasteiger partial charge >= 0.3 is 5.97 Å². The van der Waals surface area contributed by atoms with Gasteiger partial charge in [-0.05, 0) is 48.4 Å². The van der Waals surface area contributed by atoms with E-state index in [1.807, 2.05) is 37.3 Å². The lowest BCUT2D eigenvalue weighted by atomic mass is 9.83. The van der Waals surface area contributed by atoms with Gasteiger partial charge in [0.15, 0.2) is 0 Å². The molecule has 5 heteroatoms. The van der Waals surface area contributed by atoms with Crippen LogP contribution in [0.15, 0.2) is 59.0 Å². The van der Waals surface area contributed by atoms with Gasteiger partial charge in [0, 0.05) is 22.3 Å². The molecule has 0 unspecified atom stereocenters. The van der Waals surface area contributed by atoms with Gasteiger partial charge in [-0.1, -0.05) is 36.4 Å². The van der Waals surface area contributed by atoms with Crippen LogP contribution in [0.5, 0.6) is 0 Å². The molecular weight excluding hydrogens is 380 g/mol. The minimum Gasteiger partial charge on any atom is -0.478 e. The molecule has 0 saturated carbocycles. The number of fused-ring (bicyclic) bond motifs is 5. The van der Waals surface area contributed by atoms with Gasteiger partial charge in [0.2, 0.25) is 11.6 Å². The van der Waals surface area contributed by atoms with E-state index < -0.39 is 17.5 Å². The number of carbonyl (C=O) groups excluding carboxylic acids is 2. The van der Waals surface area contributed by atoms with Crippen LogP contribution in [0.3, 0.4) is 0 Å². The number of carbonyl (C=O) groups is 3. The summed E-state index contributed by atoms with van der Waals surface area (Å²) in [6.07, 6.45) is 0. The first-order valence-electron chi connectivity index (χ1n) is 9.47. The molecule has 1 aliphatic rings. The number of ketones is 2. The number of benzene rings is 3. The largest absolute Gasteiger partial charge is 0.478 e. The topological polar surface area (TPSA) is 84.6 Å². The summed E-state index contributed by atoms with van der Waals surface area (Å²) in [6.45, 7) is 3.70. The number of carboxylic acid groups (broad SMARTS) is 1. The summed E-state index contributed by atoms with van der Waals surface area (Å²) in [7, 11) is 0. The third-order valence-corrected chi connectivity index (χ3v) is 5.73. The molecule has 1 aliphatic carbocycles. The zero-order valence-electron chi connectivity index (χ0n) is 16.3. The summed E-state index contributed by atoms with van der Waals surface area (Å²) >= 11 is 0. The Morgan fingerprint density at radius 2 is 1.50 bits per heavy atom. The van der Waals surface area contributed by atoms with E-state index in [0.717, 1.165) is 16.3 Å². The normalized spacial score (nSPS) is 12.7. The van der Waals surface area contributed by atoms with Crippen LogP contribution in [0.1, 0.15) is 42.2 Å². The van der Waals surface area contributed by atoms with Gasteiger partial charge < -0.3 is 9.52 Å². The zero-order chi connectivity index (χ0) is 21.2. The molecular formula is C25H16O5. The Hall–Kier alpha value is -3.99. The first-order valence-corrected chi connectivity index (χ1v) is 9.47. The van der Waals surface area contributed by atoms with Gasteiger partial charge in [0.25, 0.3) is 0 Å². The van der Waals surface area contributed by atoms with E-state index in [1.165, 1.54) is 12.1 Å². The molecule has 5 nitrogen and oxygen atoms in total. The predicted octanol–water partition coefficient (Wildman–Crippen LogP) is 5.46. The van der Waals surface area contributed by atoms with E-state index in [0.29, 0.717) is 33.8 Å². The molecule has 146 valence electrons. The summed E-state index contributed by atoms with van der Waals surface area (Å²) < 4.78 is 6.13. The molecule has 0 spiro atoms. The number of rotatable bonds is 2. The van der Waals surface area contributed by atoms with E-state index in [9.17, 15) is 14.4 Å². The van der Waals surface area contributed by atoms with E-state index in [-0.39, 0.29) is 11.1 Å². The highest BCUT2D eigenvalue weighted by molar-refractivity contribution is 6.54. The van der Waals surface area contributed by atoms with Crippen molar-refractivity contribution in [1.29, 1.82) is 0 Å². The fraction of sp³-hybridized carbons (Fsp3) is 0.0800. The quantitative estimate of drug-likeness (QED) is 0.455. The lowest BCUT2D eigenvalue weighted by molar-refractivity contribution is 0.0696. The highest BCUT2D eigenvalue weighted by Gasteiger charge is 2.37. The van der Waals surface area contributed by atoms with E-state index in [1.54, 1.807) is 19.1 Å². The number of hydrogen-bond donors (Lipinski definition) is 1. The average Bonchev–Trinajstić information content (AvgIpc) is 3.09. The van der Waals surface area contributed by atoms with E-state index in [2.05, 4.69) is 0 Å². The first kappa shape index (κ1) is 18.1. The van der Waals surface area contributed by atoms with Crippen LogP contribution in [0, 0.1) is 13.8 Å².